The average Bonchev–Trinajstić information content (AvgIpc) is 2.45. The van der Waals surface area contributed by atoms with Crippen LogP contribution in [0.5, 0.6) is 0 Å². The molecule has 0 aromatic rings. The molecule has 1 rings (SSSR count). The quantitative estimate of drug-likeness (QED) is 0.484. The number of carbonyl (C=O) groups is 1. The van der Waals surface area contributed by atoms with Crippen LogP contribution >= 0.6 is 0 Å². The van der Waals surface area contributed by atoms with Crippen LogP contribution in [0, 0.1) is 0 Å². The summed E-state index contributed by atoms with van der Waals surface area (Å²) in [5, 5.41) is 0. The topological polar surface area (TPSA) is 17.1 Å². The van der Waals surface area contributed by atoms with Crippen molar-refractivity contribution in [3.05, 3.63) is 58.7 Å². The highest BCUT2D eigenvalue weighted by atomic mass is 16.1. The molecule has 0 aliphatic heterocycles. The molecule has 1 aliphatic carbocycles. The van der Waals surface area contributed by atoms with E-state index in [4.69, 9.17) is 0 Å². The van der Waals surface area contributed by atoms with E-state index in [2.05, 4.69) is 46.4 Å². The van der Waals surface area contributed by atoms with Crippen molar-refractivity contribution in [3.8, 4) is 0 Å². The predicted molar refractivity (Wildman–Crippen MR) is 96.9 cm³/mol. The lowest BCUT2D eigenvalue weighted by molar-refractivity contribution is -0.111. The summed E-state index contributed by atoms with van der Waals surface area (Å²) in [6.07, 6.45) is 14.3. The minimum atomic E-state index is 0.159. The standard InChI is InChI=1S/C21H30O/c1-6-7-11-19-15-21(22)20(14-18(19)5)13-12-17(4)10-8-9-16(2)3/h9,12,14-15H,5-8,10-11,13H2,1-4H3/b17-12+. The van der Waals surface area contributed by atoms with Crippen molar-refractivity contribution in [1.82, 2.24) is 0 Å². The smallest absolute Gasteiger partial charge is 0.182 e. The Kier molecular flexibility index (Phi) is 7.87. The van der Waals surface area contributed by atoms with Crippen molar-refractivity contribution in [2.24, 2.45) is 0 Å². The van der Waals surface area contributed by atoms with E-state index < -0.39 is 0 Å². The third-order valence-corrected chi connectivity index (χ3v) is 3.94. The summed E-state index contributed by atoms with van der Waals surface area (Å²) >= 11 is 0. The zero-order chi connectivity index (χ0) is 16.5. The van der Waals surface area contributed by atoms with Crippen LogP contribution in [0.2, 0.25) is 0 Å². The van der Waals surface area contributed by atoms with E-state index in [1.807, 2.05) is 6.08 Å². The van der Waals surface area contributed by atoms with Crippen LogP contribution in [-0.2, 0) is 4.79 Å². The third-order valence-electron chi connectivity index (χ3n) is 3.94. The maximum Gasteiger partial charge on any atom is 0.182 e. The Bertz CT molecular complexity index is 534. The maximum absolute atomic E-state index is 12.2. The molecule has 1 heteroatoms. The van der Waals surface area contributed by atoms with Gasteiger partial charge in [0.2, 0.25) is 0 Å². The van der Waals surface area contributed by atoms with Gasteiger partial charge in [0.25, 0.3) is 0 Å². The Morgan fingerprint density at radius 1 is 1.14 bits per heavy atom. The zero-order valence-corrected chi connectivity index (χ0v) is 14.7. The van der Waals surface area contributed by atoms with Gasteiger partial charge in [-0.2, -0.15) is 0 Å². The molecule has 22 heavy (non-hydrogen) atoms. The molecular formula is C21H30O. The van der Waals surface area contributed by atoms with Gasteiger partial charge < -0.3 is 0 Å². The number of rotatable bonds is 8. The van der Waals surface area contributed by atoms with Crippen molar-refractivity contribution < 1.29 is 4.79 Å². The first kappa shape index (κ1) is 18.4. The molecular weight excluding hydrogens is 268 g/mol. The van der Waals surface area contributed by atoms with Gasteiger partial charge in [0, 0.05) is 5.57 Å². The Morgan fingerprint density at radius 3 is 2.50 bits per heavy atom. The fourth-order valence-corrected chi connectivity index (χ4v) is 2.45. The van der Waals surface area contributed by atoms with E-state index in [9.17, 15) is 4.79 Å². The van der Waals surface area contributed by atoms with Crippen LogP contribution in [-0.4, -0.2) is 5.78 Å². The van der Waals surface area contributed by atoms with Gasteiger partial charge in [0.15, 0.2) is 5.78 Å². The molecule has 0 N–H and O–H groups in total. The molecule has 0 heterocycles. The third kappa shape index (κ3) is 6.43. The normalized spacial score (nSPS) is 15.5. The van der Waals surface area contributed by atoms with Gasteiger partial charge >= 0.3 is 0 Å². The first-order valence-corrected chi connectivity index (χ1v) is 8.37. The molecule has 0 unspecified atom stereocenters. The number of allylic oxidation sites excluding steroid dienone is 9. The largest absolute Gasteiger partial charge is 0.290 e. The van der Waals surface area contributed by atoms with E-state index in [1.54, 1.807) is 6.08 Å². The number of carbonyl (C=O) groups excluding carboxylic acids is 1. The fraction of sp³-hybridized carbons (Fsp3) is 0.476. The minimum absolute atomic E-state index is 0.159. The molecule has 1 nitrogen and oxygen atoms in total. The van der Waals surface area contributed by atoms with Crippen molar-refractivity contribution in [2.45, 2.75) is 66.2 Å². The molecule has 0 atom stereocenters. The zero-order valence-electron chi connectivity index (χ0n) is 14.7. The molecule has 0 aromatic heterocycles. The molecule has 0 radical (unpaired) electrons. The van der Waals surface area contributed by atoms with Crippen LogP contribution in [0.3, 0.4) is 0 Å². The number of ketones is 1. The SMILES string of the molecule is C=C1C=C(C/C=C(\C)CCC=C(C)C)C(=O)C=C1CCCC. The highest BCUT2D eigenvalue weighted by Crippen LogP contribution is 2.25. The Morgan fingerprint density at radius 2 is 1.86 bits per heavy atom. The van der Waals surface area contributed by atoms with Crippen LogP contribution in [0.15, 0.2) is 58.7 Å². The van der Waals surface area contributed by atoms with Crippen LogP contribution < -0.4 is 0 Å². The monoisotopic (exact) mass is 298 g/mol. The second-order valence-corrected chi connectivity index (χ2v) is 6.41. The summed E-state index contributed by atoms with van der Waals surface area (Å²) in [4.78, 5) is 12.2. The lowest BCUT2D eigenvalue weighted by Crippen LogP contribution is -2.07. The number of hydrogen-bond donors (Lipinski definition) is 0. The Balaban J connectivity index is 2.58. The molecule has 0 bridgehead atoms. The van der Waals surface area contributed by atoms with Gasteiger partial charge in [0.1, 0.15) is 0 Å². The van der Waals surface area contributed by atoms with Crippen molar-refractivity contribution >= 4 is 5.78 Å². The minimum Gasteiger partial charge on any atom is -0.290 e. The van der Waals surface area contributed by atoms with Gasteiger partial charge in [0.05, 0.1) is 0 Å². The van der Waals surface area contributed by atoms with E-state index >= 15 is 0 Å². The number of unbranched alkanes of at least 4 members (excludes halogenated alkanes) is 1. The second kappa shape index (κ2) is 9.40. The Labute approximate surface area is 136 Å². The van der Waals surface area contributed by atoms with Gasteiger partial charge in [-0.1, -0.05) is 43.2 Å². The van der Waals surface area contributed by atoms with Crippen molar-refractivity contribution in [2.75, 3.05) is 0 Å². The highest BCUT2D eigenvalue weighted by Gasteiger charge is 2.15. The molecule has 0 amide bonds. The summed E-state index contributed by atoms with van der Waals surface area (Å²) in [7, 11) is 0. The van der Waals surface area contributed by atoms with Gasteiger partial charge in [-0.25, -0.2) is 0 Å². The van der Waals surface area contributed by atoms with E-state index in [0.29, 0.717) is 0 Å². The first-order valence-electron chi connectivity index (χ1n) is 8.37. The molecule has 0 aromatic carbocycles. The van der Waals surface area contributed by atoms with Gasteiger partial charge in [-0.3, -0.25) is 4.79 Å². The van der Waals surface area contributed by atoms with E-state index in [-0.39, 0.29) is 5.78 Å². The lowest BCUT2D eigenvalue weighted by Gasteiger charge is -2.14. The van der Waals surface area contributed by atoms with Crippen LogP contribution in [0.4, 0.5) is 0 Å². The van der Waals surface area contributed by atoms with E-state index in [0.717, 1.165) is 55.2 Å². The van der Waals surface area contributed by atoms with Gasteiger partial charge in [-0.05, 0) is 76.2 Å². The summed E-state index contributed by atoms with van der Waals surface area (Å²) in [5.74, 6) is 0.159. The molecule has 0 fully saturated rings. The molecule has 0 saturated heterocycles. The van der Waals surface area contributed by atoms with Crippen LogP contribution in [0.1, 0.15) is 66.2 Å². The molecule has 0 saturated carbocycles. The first-order chi connectivity index (χ1) is 10.4. The fourth-order valence-electron chi connectivity index (χ4n) is 2.45. The maximum atomic E-state index is 12.2. The van der Waals surface area contributed by atoms with Gasteiger partial charge in [-0.15, -0.1) is 0 Å². The Hall–Kier alpha value is -1.63. The highest BCUT2D eigenvalue weighted by molar-refractivity contribution is 6.07. The lowest BCUT2D eigenvalue weighted by atomic mass is 9.89. The molecule has 1 aliphatic rings. The van der Waals surface area contributed by atoms with E-state index in [1.165, 1.54) is 11.1 Å². The number of hydrogen-bond acceptors (Lipinski definition) is 1. The molecule has 0 spiro atoms. The second-order valence-electron chi connectivity index (χ2n) is 6.41. The predicted octanol–water partition coefficient (Wildman–Crippen LogP) is 6.25. The van der Waals surface area contributed by atoms with Crippen molar-refractivity contribution in [1.29, 1.82) is 0 Å². The summed E-state index contributed by atoms with van der Waals surface area (Å²) < 4.78 is 0. The van der Waals surface area contributed by atoms with Crippen LogP contribution in [0.25, 0.3) is 0 Å². The summed E-state index contributed by atoms with van der Waals surface area (Å²) in [6, 6.07) is 0. The summed E-state index contributed by atoms with van der Waals surface area (Å²) in [5.41, 5.74) is 5.70. The molecule has 120 valence electrons. The average molecular weight is 298 g/mol. The van der Waals surface area contributed by atoms with Crippen molar-refractivity contribution in [3.63, 3.8) is 0 Å². The summed E-state index contributed by atoms with van der Waals surface area (Å²) in [6.45, 7) is 12.7.